The fraction of sp³-hybridized carbons (Fsp3) is 0.611. The molecule has 1 aliphatic heterocycles. The molecule has 21 heavy (non-hydrogen) atoms. The molecule has 114 valence electrons. The minimum atomic E-state index is -0.0677. The van der Waals surface area contributed by atoms with Crippen molar-refractivity contribution in [3.63, 3.8) is 0 Å². The number of carbonyl (C=O) groups excluding carboxylic acids is 1. The van der Waals surface area contributed by atoms with Crippen molar-refractivity contribution < 1.29 is 4.79 Å². The van der Waals surface area contributed by atoms with E-state index in [1.807, 2.05) is 0 Å². The molecule has 0 spiro atoms. The molecule has 0 radical (unpaired) electrons. The number of fused-ring (bicyclic) bond motifs is 1. The molecule has 3 heteroatoms. The van der Waals surface area contributed by atoms with Gasteiger partial charge in [0.25, 0.3) is 0 Å². The van der Waals surface area contributed by atoms with Gasteiger partial charge in [0.15, 0.2) is 0 Å². The highest BCUT2D eigenvalue weighted by Crippen LogP contribution is 2.26. The van der Waals surface area contributed by atoms with Crippen molar-refractivity contribution in [1.29, 1.82) is 0 Å². The van der Waals surface area contributed by atoms with E-state index in [4.69, 9.17) is 0 Å². The Balaban J connectivity index is 1.57. The summed E-state index contributed by atoms with van der Waals surface area (Å²) in [4.78, 5) is 12.5. The van der Waals surface area contributed by atoms with Gasteiger partial charge in [0.05, 0.1) is 6.04 Å². The topological polar surface area (TPSA) is 41.1 Å². The summed E-state index contributed by atoms with van der Waals surface area (Å²) in [6.45, 7) is 3.06. The SMILES string of the molecule is CCC1CCCC(NC(=O)C2Cc3ccccc3CN2)C1. The van der Waals surface area contributed by atoms with Crippen LogP contribution in [-0.4, -0.2) is 18.0 Å². The number of nitrogens with one attached hydrogen (secondary N) is 2. The molecule has 3 unspecified atom stereocenters. The molecule has 1 amide bonds. The van der Waals surface area contributed by atoms with E-state index in [1.165, 1.54) is 30.4 Å². The van der Waals surface area contributed by atoms with E-state index in [2.05, 4.69) is 41.8 Å². The van der Waals surface area contributed by atoms with Gasteiger partial charge >= 0.3 is 0 Å². The van der Waals surface area contributed by atoms with E-state index in [0.717, 1.165) is 31.7 Å². The van der Waals surface area contributed by atoms with Gasteiger partial charge in [-0.15, -0.1) is 0 Å². The summed E-state index contributed by atoms with van der Waals surface area (Å²) in [5.74, 6) is 0.982. The normalized spacial score (nSPS) is 28.7. The van der Waals surface area contributed by atoms with Crippen LogP contribution in [0, 0.1) is 5.92 Å². The molecule has 1 heterocycles. The summed E-state index contributed by atoms with van der Waals surface area (Å²) < 4.78 is 0. The first kappa shape index (κ1) is 14.6. The fourth-order valence-corrected chi connectivity index (χ4v) is 3.73. The van der Waals surface area contributed by atoms with Crippen molar-refractivity contribution >= 4 is 5.91 Å². The molecule has 0 saturated heterocycles. The first-order valence-corrected chi connectivity index (χ1v) is 8.36. The van der Waals surface area contributed by atoms with Gasteiger partial charge in [-0.05, 0) is 36.3 Å². The van der Waals surface area contributed by atoms with Crippen LogP contribution in [0.3, 0.4) is 0 Å². The lowest BCUT2D eigenvalue weighted by atomic mass is 9.84. The van der Waals surface area contributed by atoms with Crippen molar-refractivity contribution in [2.24, 2.45) is 5.92 Å². The molecule has 1 saturated carbocycles. The smallest absolute Gasteiger partial charge is 0.237 e. The van der Waals surface area contributed by atoms with E-state index < -0.39 is 0 Å². The van der Waals surface area contributed by atoms with Gasteiger partial charge in [0.1, 0.15) is 0 Å². The van der Waals surface area contributed by atoms with Crippen LogP contribution in [0.5, 0.6) is 0 Å². The molecule has 1 aromatic carbocycles. The van der Waals surface area contributed by atoms with Gasteiger partial charge in [-0.25, -0.2) is 0 Å². The van der Waals surface area contributed by atoms with Crippen LogP contribution in [-0.2, 0) is 17.8 Å². The third kappa shape index (κ3) is 3.46. The minimum absolute atomic E-state index is 0.0677. The third-order valence-corrected chi connectivity index (χ3v) is 5.10. The van der Waals surface area contributed by atoms with E-state index in [9.17, 15) is 4.79 Å². The van der Waals surface area contributed by atoms with Crippen LogP contribution < -0.4 is 10.6 Å². The van der Waals surface area contributed by atoms with Crippen molar-refractivity contribution in [3.05, 3.63) is 35.4 Å². The van der Waals surface area contributed by atoms with Crippen LogP contribution in [0.15, 0.2) is 24.3 Å². The number of hydrogen-bond acceptors (Lipinski definition) is 2. The second-order valence-corrected chi connectivity index (χ2v) is 6.55. The van der Waals surface area contributed by atoms with E-state index in [1.54, 1.807) is 0 Å². The zero-order valence-electron chi connectivity index (χ0n) is 12.9. The summed E-state index contributed by atoms with van der Waals surface area (Å²) in [6.07, 6.45) is 6.94. The summed E-state index contributed by atoms with van der Waals surface area (Å²) in [5.41, 5.74) is 2.64. The zero-order chi connectivity index (χ0) is 14.7. The maximum Gasteiger partial charge on any atom is 0.237 e. The lowest BCUT2D eigenvalue weighted by Gasteiger charge is -2.32. The number of benzene rings is 1. The van der Waals surface area contributed by atoms with E-state index in [-0.39, 0.29) is 11.9 Å². The Hall–Kier alpha value is -1.35. The highest BCUT2D eigenvalue weighted by atomic mass is 16.2. The maximum absolute atomic E-state index is 12.5. The van der Waals surface area contributed by atoms with Crippen LogP contribution in [0.25, 0.3) is 0 Å². The Morgan fingerprint density at radius 2 is 2.10 bits per heavy atom. The number of rotatable bonds is 3. The molecule has 3 rings (SSSR count). The van der Waals surface area contributed by atoms with Crippen LogP contribution in [0.1, 0.15) is 50.2 Å². The van der Waals surface area contributed by atoms with Gasteiger partial charge in [-0.2, -0.15) is 0 Å². The summed E-state index contributed by atoms with van der Waals surface area (Å²) in [5, 5.41) is 6.66. The van der Waals surface area contributed by atoms with Gasteiger partial charge in [0.2, 0.25) is 5.91 Å². The predicted octanol–water partition coefficient (Wildman–Crippen LogP) is 2.79. The number of hydrogen-bond donors (Lipinski definition) is 2. The molecule has 1 fully saturated rings. The van der Waals surface area contributed by atoms with Crippen LogP contribution in [0.2, 0.25) is 0 Å². The standard InChI is InChI=1S/C18H26N2O/c1-2-13-6-5-9-16(10-13)20-18(21)17-11-14-7-3-4-8-15(14)12-19-17/h3-4,7-8,13,16-17,19H,2,5-6,9-12H2,1H3,(H,20,21). The summed E-state index contributed by atoms with van der Waals surface area (Å²) >= 11 is 0. The fourth-order valence-electron chi connectivity index (χ4n) is 3.73. The molecular weight excluding hydrogens is 260 g/mol. The molecule has 0 aromatic heterocycles. The van der Waals surface area contributed by atoms with Gasteiger partial charge in [-0.1, -0.05) is 50.5 Å². The Morgan fingerprint density at radius 3 is 2.90 bits per heavy atom. The monoisotopic (exact) mass is 286 g/mol. The first-order chi connectivity index (χ1) is 10.3. The van der Waals surface area contributed by atoms with E-state index >= 15 is 0 Å². The minimum Gasteiger partial charge on any atom is -0.352 e. The largest absolute Gasteiger partial charge is 0.352 e. The molecule has 1 aromatic rings. The van der Waals surface area contributed by atoms with E-state index in [0.29, 0.717) is 6.04 Å². The molecule has 2 N–H and O–H groups in total. The Kier molecular flexibility index (Phi) is 4.59. The van der Waals surface area contributed by atoms with Crippen LogP contribution >= 0.6 is 0 Å². The van der Waals surface area contributed by atoms with Crippen molar-refractivity contribution in [3.8, 4) is 0 Å². The van der Waals surface area contributed by atoms with Crippen molar-refractivity contribution in [2.45, 2.75) is 64.1 Å². The van der Waals surface area contributed by atoms with Crippen molar-refractivity contribution in [2.75, 3.05) is 0 Å². The quantitative estimate of drug-likeness (QED) is 0.897. The molecule has 0 bridgehead atoms. The first-order valence-electron chi connectivity index (χ1n) is 8.36. The Morgan fingerprint density at radius 1 is 1.29 bits per heavy atom. The second kappa shape index (κ2) is 6.61. The van der Waals surface area contributed by atoms with Crippen molar-refractivity contribution in [1.82, 2.24) is 10.6 Å². The maximum atomic E-state index is 12.5. The highest BCUT2D eigenvalue weighted by molar-refractivity contribution is 5.82. The molecule has 2 aliphatic rings. The summed E-state index contributed by atoms with van der Waals surface area (Å²) in [7, 11) is 0. The highest BCUT2D eigenvalue weighted by Gasteiger charge is 2.27. The number of amides is 1. The zero-order valence-corrected chi connectivity index (χ0v) is 12.9. The van der Waals surface area contributed by atoms with Crippen LogP contribution in [0.4, 0.5) is 0 Å². The average Bonchev–Trinajstić information content (AvgIpc) is 2.54. The third-order valence-electron chi connectivity index (χ3n) is 5.10. The lowest BCUT2D eigenvalue weighted by Crippen LogP contribution is -2.51. The number of carbonyl (C=O) groups is 1. The van der Waals surface area contributed by atoms with Gasteiger partial charge in [0, 0.05) is 12.6 Å². The summed E-state index contributed by atoms with van der Waals surface area (Å²) in [6, 6.07) is 8.73. The van der Waals surface area contributed by atoms with Gasteiger partial charge < -0.3 is 10.6 Å². The molecule has 1 aliphatic carbocycles. The lowest BCUT2D eigenvalue weighted by molar-refractivity contribution is -0.124. The molecular formula is C18H26N2O. The average molecular weight is 286 g/mol. The second-order valence-electron chi connectivity index (χ2n) is 6.55. The Bertz CT molecular complexity index is 500. The molecule has 3 nitrogen and oxygen atoms in total. The predicted molar refractivity (Wildman–Crippen MR) is 85.0 cm³/mol. The van der Waals surface area contributed by atoms with Gasteiger partial charge in [-0.3, -0.25) is 4.79 Å². The Labute approximate surface area is 127 Å². The molecule has 3 atom stereocenters.